The van der Waals surface area contributed by atoms with E-state index in [0.717, 1.165) is 11.5 Å². The number of nitrogens with two attached hydrogens (primary N) is 1. The SMILES string of the molecule is C=CC[SH](=O)=O.NC=O.O[C@H]1CCCN1O. The Morgan fingerprint density at radius 1 is 1.56 bits per heavy atom. The molecule has 0 bridgehead atoms. The van der Waals surface area contributed by atoms with Gasteiger partial charge in [0.05, 0.1) is 5.75 Å². The van der Waals surface area contributed by atoms with E-state index in [-0.39, 0.29) is 12.2 Å². The van der Waals surface area contributed by atoms with Gasteiger partial charge in [-0.05, 0) is 12.8 Å². The fraction of sp³-hybridized carbons (Fsp3) is 0.625. The Labute approximate surface area is 96.1 Å². The lowest BCUT2D eigenvalue weighted by Gasteiger charge is -2.08. The first-order valence-electron chi connectivity index (χ1n) is 4.51. The van der Waals surface area contributed by atoms with Gasteiger partial charge in [-0.1, -0.05) is 6.08 Å². The lowest BCUT2D eigenvalue weighted by molar-refractivity contribution is -0.170. The molecule has 4 N–H and O–H groups in total. The molecule has 7 nitrogen and oxygen atoms in total. The first-order chi connectivity index (χ1) is 7.49. The number of carbonyl (C=O) groups is 1. The number of hydrogen-bond donors (Lipinski definition) is 4. The van der Waals surface area contributed by atoms with E-state index in [4.69, 9.17) is 15.1 Å². The number of aliphatic hydroxyl groups excluding tert-OH is 1. The van der Waals surface area contributed by atoms with Crippen molar-refractivity contribution in [1.29, 1.82) is 0 Å². The predicted molar refractivity (Wildman–Crippen MR) is 59.4 cm³/mol. The zero-order valence-electron chi connectivity index (χ0n) is 8.86. The summed E-state index contributed by atoms with van der Waals surface area (Å²) in [6.45, 7) is 3.83. The fourth-order valence-electron chi connectivity index (χ4n) is 0.839. The summed E-state index contributed by atoms with van der Waals surface area (Å²) in [5.41, 5.74) is 4.17. The highest BCUT2D eigenvalue weighted by Gasteiger charge is 2.18. The van der Waals surface area contributed by atoms with Crippen molar-refractivity contribution in [2.24, 2.45) is 5.73 Å². The van der Waals surface area contributed by atoms with Gasteiger partial charge in [0.2, 0.25) is 6.41 Å². The first kappa shape index (κ1) is 17.4. The van der Waals surface area contributed by atoms with Crippen LogP contribution in [0.5, 0.6) is 0 Å². The third-order valence-electron chi connectivity index (χ3n) is 1.47. The molecule has 8 heteroatoms. The van der Waals surface area contributed by atoms with Gasteiger partial charge in [0, 0.05) is 6.54 Å². The summed E-state index contributed by atoms with van der Waals surface area (Å²) in [5, 5.41) is 18.2. The number of aliphatic hydroxyl groups is 1. The maximum Gasteiger partial charge on any atom is 0.204 e. The molecule has 16 heavy (non-hydrogen) atoms. The van der Waals surface area contributed by atoms with E-state index in [2.05, 4.69) is 12.3 Å². The molecule has 0 aromatic carbocycles. The van der Waals surface area contributed by atoms with Crippen molar-refractivity contribution in [2.45, 2.75) is 19.1 Å². The molecule has 0 aromatic heterocycles. The first-order valence-corrected chi connectivity index (χ1v) is 5.87. The van der Waals surface area contributed by atoms with Gasteiger partial charge in [0.15, 0.2) is 0 Å². The topological polar surface area (TPSA) is 121 Å². The minimum Gasteiger partial charge on any atom is -0.376 e. The largest absolute Gasteiger partial charge is 0.376 e. The van der Waals surface area contributed by atoms with Crippen LogP contribution in [0, 0.1) is 0 Å². The van der Waals surface area contributed by atoms with E-state index < -0.39 is 16.9 Å². The monoisotopic (exact) mass is 254 g/mol. The molecule has 0 unspecified atom stereocenters. The highest BCUT2D eigenvalue weighted by atomic mass is 32.2. The third-order valence-corrected chi connectivity index (χ3v) is 2.03. The van der Waals surface area contributed by atoms with Crippen molar-refractivity contribution in [2.75, 3.05) is 12.3 Å². The predicted octanol–water partition coefficient (Wildman–Crippen LogP) is -1.32. The number of amides is 1. The normalized spacial score (nSPS) is 19.1. The average Bonchev–Trinajstić information content (AvgIpc) is 2.53. The van der Waals surface area contributed by atoms with Crippen LogP contribution in [0.1, 0.15) is 12.8 Å². The molecule has 1 fully saturated rings. The van der Waals surface area contributed by atoms with Gasteiger partial charge in [-0.2, -0.15) is 5.06 Å². The molecule has 1 aliphatic heterocycles. The quantitative estimate of drug-likeness (QED) is 0.275. The van der Waals surface area contributed by atoms with Crippen LogP contribution in [-0.2, 0) is 15.5 Å². The number of nitrogens with zero attached hydrogens (tertiary/aromatic N) is 1. The van der Waals surface area contributed by atoms with Crippen molar-refractivity contribution in [3.05, 3.63) is 12.7 Å². The number of hydroxylamine groups is 2. The Morgan fingerprint density at radius 2 is 2.06 bits per heavy atom. The third kappa shape index (κ3) is 13.0. The summed E-state index contributed by atoms with van der Waals surface area (Å²) >= 11 is 0. The van der Waals surface area contributed by atoms with E-state index >= 15 is 0 Å². The highest BCUT2D eigenvalue weighted by molar-refractivity contribution is 7.72. The van der Waals surface area contributed by atoms with Gasteiger partial charge in [0.1, 0.15) is 16.9 Å². The van der Waals surface area contributed by atoms with Crippen molar-refractivity contribution >= 4 is 17.1 Å². The maximum absolute atomic E-state index is 9.57. The van der Waals surface area contributed by atoms with Crippen LogP contribution in [-0.4, -0.2) is 48.7 Å². The zero-order valence-corrected chi connectivity index (χ0v) is 9.75. The maximum atomic E-state index is 9.57. The van der Waals surface area contributed by atoms with Gasteiger partial charge in [0.25, 0.3) is 0 Å². The summed E-state index contributed by atoms with van der Waals surface area (Å²) < 4.78 is 19.1. The molecule has 0 aromatic rings. The second-order valence-electron chi connectivity index (χ2n) is 2.73. The molecule has 1 aliphatic rings. The summed E-state index contributed by atoms with van der Waals surface area (Å²) in [4.78, 5) is 8.58. The van der Waals surface area contributed by atoms with Crippen LogP contribution in [0.25, 0.3) is 0 Å². The Morgan fingerprint density at radius 3 is 2.12 bits per heavy atom. The number of rotatable bonds is 2. The standard InChI is InChI=1S/C4H9NO2.C3H6O2S.CH3NO/c6-4-2-1-3-5(4)7;1-2-3-6(4)5;2-1-3/h4,6-7H,1-3H2;2,6H,1,3H2;1H,(H2,2,3)/t4-;;/m0../s1. The molecule has 1 rings (SSSR count). The fourth-order valence-corrected chi connectivity index (χ4v) is 1.05. The number of primary amides is 1. The van der Waals surface area contributed by atoms with Gasteiger partial charge < -0.3 is 16.0 Å². The van der Waals surface area contributed by atoms with Crippen LogP contribution in [0.15, 0.2) is 12.7 Å². The molecule has 1 heterocycles. The summed E-state index contributed by atoms with van der Waals surface area (Å²) in [6, 6.07) is 0. The molecule has 0 spiro atoms. The smallest absolute Gasteiger partial charge is 0.204 e. The number of hydrogen-bond acceptors (Lipinski definition) is 6. The van der Waals surface area contributed by atoms with Crippen molar-refractivity contribution in [3.8, 4) is 0 Å². The van der Waals surface area contributed by atoms with Gasteiger partial charge in [-0.15, -0.1) is 6.58 Å². The van der Waals surface area contributed by atoms with Crippen LogP contribution in [0.4, 0.5) is 0 Å². The molecule has 1 atom stereocenters. The van der Waals surface area contributed by atoms with Crippen LogP contribution >= 0.6 is 0 Å². The van der Waals surface area contributed by atoms with Gasteiger partial charge in [-0.25, -0.2) is 8.42 Å². The molecule has 0 aliphatic carbocycles. The van der Waals surface area contributed by atoms with Crippen LogP contribution < -0.4 is 5.73 Å². The molecular formula is C8H18N2O5S. The second-order valence-corrected chi connectivity index (χ2v) is 3.76. The van der Waals surface area contributed by atoms with Gasteiger partial charge in [-0.3, -0.25) is 4.79 Å². The molecule has 96 valence electrons. The average molecular weight is 254 g/mol. The number of thiol groups is 1. The van der Waals surface area contributed by atoms with Crippen molar-refractivity contribution in [1.82, 2.24) is 5.06 Å². The van der Waals surface area contributed by atoms with Crippen LogP contribution in [0.2, 0.25) is 0 Å². The van der Waals surface area contributed by atoms with Crippen molar-refractivity contribution < 1.29 is 23.5 Å². The molecule has 1 amide bonds. The van der Waals surface area contributed by atoms with Crippen molar-refractivity contribution in [3.63, 3.8) is 0 Å². The van der Waals surface area contributed by atoms with E-state index in [1.807, 2.05) is 0 Å². The highest BCUT2D eigenvalue weighted by Crippen LogP contribution is 2.09. The summed E-state index contributed by atoms with van der Waals surface area (Å²) in [7, 11) is -2.22. The molecule has 1 saturated heterocycles. The Hall–Kier alpha value is -0.960. The van der Waals surface area contributed by atoms with E-state index in [0.29, 0.717) is 13.0 Å². The van der Waals surface area contributed by atoms with E-state index in [9.17, 15) is 8.42 Å². The number of carbonyl (C=O) groups excluding carboxylic acids is 1. The Kier molecular flexibility index (Phi) is 13.2. The second kappa shape index (κ2) is 12.1. The zero-order chi connectivity index (χ0) is 13.0. The minimum atomic E-state index is -2.22. The van der Waals surface area contributed by atoms with Gasteiger partial charge >= 0.3 is 0 Å². The van der Waals surface area contributed by atoms with Crippen LogP contribution in [0.3, 0.4) is 0 Å². The Bertz CT molecular complexity index is 241. The molecular weight excluding hydrogens is 236 g/mol. The lowest BCUT2D eigenvalue weighted by Crippen LogP contribution is -2.24. The Balaban J connectivity index is 0. The molecule has 0 saturated carbocycles. The van der Waals surface area contributed by atoms with E-state index in [1.54, 1.807) is 0 Å². The minimum absolute atomic E-state index is 0.0926. The lowest BCUT2D eigenvalue weighted by atomic mass is 10.4. The molecule has 0 radical (unpaired) electrons. The summed E-state index contributed by atoms with van der Waals surface area (Å²) in [6.07, 6.45) is 2.61. The van der Waals surface area contributed by atoms with E-state index in [1.165, 1.54) is 6.08 Å². The summed E-state index contributed by atoms with van der Waals surface area (Å²) in [5.74, 6) is 0.0926.